The van der Waals surface area contributed by atoms with E-state index in [0.29, 0.717) is 34.2 Å². The highest BCUT2D eigenvalue weighted by molar-refractivity contribution is 5.76. The van der Waals surface area contributed by atoms with Gasteiger partial charge in [-0.2, -0.15) is 0 Å². The van der Waals surface area contributed by atoms with Crippen LogP contribution in [0.1, 0.15) is 0 Å². The number of methoxy groups -OCH3 is 2. The van der Waals surface area contributed by atoms with Gasteiger partial charge in [-0.3, -0.25) is 4.40 Å². The first-order valence-corrected chi connectivity index (χ1v) is 8.83. The molecule has 5 rings (SSSR count). The van der Waals surface area contributed by atoms with E-state index in [2.05, 4.69) is 19.9 Å². The minimum Gasteiger partial charge on any atom is -0.494 e. The Hall–Kier alpha value is -4.14. The van der Waals surface area contributed by atoms with E-state index in [1.165, 1.54) is 18.8 Å². The minimum absolute atomic E-state index is 0.368. The van der Waals surface area contributed by atoms with Gasteiger partial charge in [0.25, 0.3) is 0 Å². The minimum atomic E-state index is -0.368. The molecule has 4 heterocycles. The van der Waals surface area contributed by atoms with Crippen molar-refractivity contribution in [3.8, 4) is 28.7 Å². The molecule has 0 aliphatic rings. The summed E-state index contributed by atoms with van der Waals surface area (Å²) in [6.07, 6.45) is 5.17. The lowest BCUT2D eigenvalue weighted by atomic mass is 10.2. The van der Waals surface area contributed by atoms with Crippen LogP contribution in [0.5, 0.6) is 11.5 Å². The molecule has 9 heteroatoms. The first-order valence-electron chi connectivity index (χ1n) is 8.83. The summed E-state index contributed by atoms with van der Waals surface area (Å²) in [6.45, 7) is 0. The third kappa shape index (κ3) is 2.55. The maximum atomic E-state index is 12.8. The second kappa shape index (κ2) is 6.48. The number of para-hydroxylation sites is 1. The highest BCUT2D eigenvalue weighted by atomic mass is 16.5. The van der Waals surface area contributed by atoms with Crippen LogP contribution in [0.25, 0.3) is 34.0 Å². The Morgan fingerprint density at radius 2 is 1.76 bits per heavy atom. The van der Waals surface area contributed by atoms with E-state index >= 15 is 0 Å². The molecule has 9 nitrogen and oxygen atoms in total. The van der Waals surface area contributed by atoms with Crippen LogP contribution in [0.4, 0.5) is 0 Å². The van der Waals surface area contributed by atoms with Crippen LogP contribution in [-0.4, -0.2) is 43.1 Å². The van der Waals surface area contributed by atoms with E-state index in [-0.39, 0.29) is 5.69 Å². The Morgan fingerprint density at radius 1 is 0.966 bits per heavy atom. The molecule has 0 spiro atoms. The summed E-state index contributed by atoms with van der Waals surface area (Å²) >= 11 is 0. The van der Waals surface area contributed by atoms with Crippen LogP contribution < -0.4 is 15.2 Å². The molecule has 0 amide bonds. The number of fused-ring (bicyclic) bond motifs is 2. The second-order valence-corrected chi connectivity index (χ2v) is 6.28. The first-order chi connectivity index (χ1) is 14.2. The number of aromatic nitrogens is 6. The van der Waals surface area contributed by atoms with Gasteiger partial charge in [0.1, 0.15) is 34.0 Å². The van der Waals surface area contributed by atoms with E-state index in [9.17, 15) is 4.79 Å². The Balaban J connectivity index is 1.80. The molecule has 0 radical (unpaired) electrons. The standard InChI is InChI=1S/C20H16N6O3/c1-28-14-6-5-7-15(29-2)17(14)26-19-12(23-20(26)27)10-22-18(24-19)13-11-21-16-8-3-4-9-25(13)16/h3-11H,1-2H3,(H,23,27). The summed E-state index contributed by atoms with van der Waals surface area (Å²) in [4.78, 5) is 29.0. The fraction of sp³-hybridized carbons (Fsp3) is 0.100. The predicted octanol–water partition coefficient (Wildman–Crippen LogP) is 2.44. The number of aromatic amines is 1. The molecule has 0 atom stereocenters. The van der Waals surface area contributed by atoms with Crippen LogP contribution in [0.15, 0.2) is 59.8 Å². The lowest BCUT2D eigenvalue weighted by Gasteiger charge is -2.13. The van der Waals surface area contributed by atoms with Crippen LogP contribution in [0.3, 0.4) is 0 Å². The van der Waals surface area contributed by atoms with Crippen molar-refractivity contribution < 1.29 is 9.47 Å². The van der Waals surface area contributed by atoms with Crippen LogP contribution in [-0.2, 0) is 0 Å². The number of hydrogen-bond acceptors (Lipinski definition) is 6. The van der Waals surface area contributed by atoms with E-state index in [1.54, 1.807) is 30.6 Å². The maximum absolute atomic E-state index is 12.8. The molecule has 0 saturated heterocycles. The molecule has 0 unspecified atom stereocenters. The molecule has 0 fully saturated rings. The van der Waals surface area contributed by atoms with E-state index in [0.717, 1.165) is 11.3 Å². The summed E-state index contributed by atoms with van der Waals surface area (Å²) in [5, 5.41) is 0. The van der Waals surface area contributed by atoms with Crippen molar-refractivity contribution in [2.24, 2.45) is 0 Å². The number of ether oxygens (including phenoxy) is 2. The number of nitrogens with one attached hydrogen (secondary N) is 1. The fourth-order valence-electron chi connectivity index (χ4n) is 3.38. The number of H-pyrrole nitrogens is 1. The van der Waals surface area contributed by atoms with Gasteiger partial charge in [-0.15, -0.1) is 0 Å². The molecule has 1 aromatic carbocycles. The third-order valence-corrected chi connectivity index (χ3v) is 4.70. The number of benzene rings is 1. The zero-order valence-electron chi connectivity index (χ0n) is 15.7. The average Bonchev–Trinajstić information content (AvgIpc) is 3.32. The summed E-state index contributed by atoms with van der Waals surface area (Å²) in [7, 11) is 3.08. The molecule has 0 aliphatic heterocycles. The average molecular weight is 388 g/mol. The van der Waals surface area contributed by atoms with Crippen molar-refractivity contribution in [1.82, 2.24) is 28.9 Å². The molecule has 0 bridgehead atoms. The summed E-state index contributed by atoms with van der Waals surface area (Å²) < 4.78 is 14.2. The van der Waals surface area contributed by atoms with Gasteiger partial charge in [-0.05, 0) is 24.3 Å². The monoisotopic (exact) mass is 388 g/mol. The zero-order valence-corrected chi connectivity index (χ0v) is 15.7. The van der Waals surface area contributed by atoms with Gasteiger partial charge >= 0.3 is 5.69 Å². The van der Waals surface area contributed by atoms with Gasteiger partial charge in [0, 0.05) is 6.20 Å². The first kappa shape index (κ1) is 17.0. The van der Waals surface area contributed by atoms with Crippen LogP contribution in [0.2, 0.25) is 0 Å². The third-order valence-electron chi connectivity index (χ3n) is 4.70. The summed E-state index contributed by atoms with van der Waals surface area (Å²) in [6, 6.07) is 11.0. The molecular weight excluding hydrogens is 372 g/mol. The van der Waals surface area contributed by atoms with Gasteiger partial charge in [0.2, 0.25) is 0 Å². The second-order valence-electron chi connectivity index (χ2n) is 6.28. The van der Waals surface area contributed by atoms with Gasteiger partial charge in [-0.25, -0.2) is 24.3 Å². The maximum Gasteiger partial charge on any atom is 0.332 e. The summed E-state index contributed by atoms with van der Waals surface area (Å²) in [5.41, 5.74) is 2.51. The van der Waals surface area contributed by atoms with Crippen molar-refractivity contribution in [2.75, 3.05) is 14.2 Å². The highest BCUT2D eigenvalue weighted by Gasteiger charge is 2.20. The van der Waals surface area contributed by atoms with E-state index < -0.39 is 0 Å². The Bertz CT molecular complexity index is 1390. The van der Waals surface area contributed by atoms with Crippen molar-refractivity contribution in [1.29, 1.82) is 0 Å². The van der Waals surface area contributed by atoms with Gasteiger partial charge in [-0.1, -0.05) is 12.1 Å². The molecule has 4 aromatic heterocycles. The largest absolute Gasteiger partial charge is 0.494 e. The van der Waals surface area contributed by atoms with Crippen molar-refractivity contribution in [3.05, 3.63) is 65.5 Å². The van der Waals surface area contributed by atoms with E-state index in [1.807, 2.05) is 28.8 Å². The Labute approximate surface area is 164 Å². The van der Waals surface area contributed by atoms with Gasteiger partial charge in [0.05, 0.1) is 26.6 Å². The molecule has 0 saturated carbocycles. The normalized spacial score (nSPS) is 11.2. The predicted molar refractivity (Wildman–Crippen MR) is 107 cm³/mol. The van der Waals surface area contributed by atoms with Gasteiger partial charge in [0.15, 0.2) is 11.5 Å². The smallest absolute Gasteiger partial charge is 0.332 e. The quantitative estimate of drug-likeness (QED) is 0.508. The molecule has 5 aromatic rings. The van der Waals surface area contributed by atoms with Crippen molar-refractivity contribution in [3.63, 3.8) is 0 Å². The molecule has 144 valence electrons. The van der Waals surface area contributed by atoms with Crippen molar-refractivity contribution >= 4 is 16.8 Å². The summed E-state index contributed by atoms with van der Waals surface area (Å²) in [5.74, 6) is 1.42. The number of imidazole rings is 2. The highest BCUT2D eigenvalue weighted by Crippen LogP contribution is 2.33. The van der Waals surface area contributed by atoms with Crippen molar-refractivity contribution in [2.45, 2.75) is 0 Å². The molecule has 0 aliphatic carbocycles. The zero-order chi connectivity index (χ0) is 20.0. The number of rotatable bonds is 4. The molecular formula is C20H16N6O3. The number of hydrogen-bond donors (Lipinski definition) is 1. The number of nitrogens with zero attached hydrogens (tertiary/aromatic N) is 5. The van der Waals surface area contributed by atoms with Crippen LogP contribution in [0, 0.1) is 0 Å². The lowest BCUT2D eigenvalue weighted by Crippen LogP contribution is -2.17. The van der Waals surface area contributed by atoms with Crippen LogP contribution >= 0.6 is 0 Å². The molecule has 29 heavy (non-hydrogen) atoms. The molecule has 1 N–H and O–H groups in total. The fourth-order valence-corrected chi connectivity index (χ4v) is 3.38. The van der Waals surface area contributed by atoms with E-state index in [4.69, 9.17) is 9.47 Å². The Morgan fingerprint density at radius 3 is 2.52 bits per heavy atom. The lowest BCUT2D eigenvalue weighted by molar-refractivity contribution is 0.391. The SMILES string of the molecule is COc1cccc(OC)c1-n1c(=O)[nH]c2cnc(-c3cnc4ccccn34)nc21. The van der Waals surface area contributed by atoms with Gasteiger partial charge < -0.3 is 14.5 Å². The topological polar surface area (TPSA) is 99.3 Å². The Kier molecular flexibility index (Phi) is 3.80. The number of pyridine rings is 1.